The topological polar surface area (TPSA) is 50.9 Å². The second-order valence-electron chi connectivity index (χ2n) is 4.23. The molecule has 0 radical (unpaired) electrons. The van der Waals surface area contributed by atoms with Gasteiger partial charge in [-0.15, -0.1) is 0 Å². The van der Waals surface area contributed by atoms with Crippen molar-refractivity contribution in [1.82, 2.24) is 14.5 Å². The zero-order valence-corrected chi connectivity index (χ0v) is 10.9. The highest BCUT2D eigenvalue weighted by Gasteiger charge is 2.39. The van der Waals surface area contributed by atoms with Gasteiger partial charge in [-0.25, -0.2) is 9.97 Å². The smallest absolute Gasteiger partial charge is 0.385 e. The number of aliphatic hydroxyl groups excluding tert-OH is 1. The van der Waals surface area contributed by atoms with E-state index in [1.54, 1.807) is 0 Å². The minimum atomic E-state index is -4.45. The predicted molar refractivity (Wildman–Crippen MR) is 63.9 cm³/mol. The van der Waals surface area contributed by atoms with E-state index < -0.39 is 18.3 Å². The monoisotopic (exact) mass is 293 g/mol. The van der Waals surface area contributed by atoms with Crippen LogP contribution in [0.5, 0.6) is 0 Å². The molecule has 0 fully saturated rings. The summed E-state index contributed by atoms with van der Waals surface area (Å²) in [6.45, 7) is 2.36. The molecule has 0 aliphatic carbocycles. The van der Waals surface area contributed by atoms with Gasteiger partial charge in [-0.1, -0.05) is 11.6 Å². The van der Waals surface area contributed by atoms with Crippen molar-refractivity contribution in [2.75, 3.05) is 0 Å². The van der Waals surface area contributed by atoms with Gasteiger partial charge in [0.05, 0.1) is 11.7 Å². The maximum Gasteiger partial charge on any atom is 0.408 e. The van der Waals surface area contributed by atoms with Crippen LogP contribution in [0.25, 0.3) is 11.0 Å². The largest absolute Gasteiger partial charge is 0.408 e. The molecule has 0 saturated heterocycles. The molecule has 0 aliphatic rings. The number of halogens is 4. The van der Waals surface area contributed by atoms with Crippen molar-refractivity contribution < 1.29 is 18.3 Å². The Labute approximate surface area is 111 Å². The molecular formula is C11H11ClF3N3O. The Kier molecular flexibility index (Phi) is 3.44. The average molecular weight is 294 g/mol. The van der Waals surface area contributed by atoms with Gasteiger partial charge in [-0.2, -0.15) is 13.2 Å². The first-order chi connectivity index (χ1) is 8.71. The van der Waals surface area contributed by atoms with Gasteiger partial charge in [0, 0.05) is 6.07 Å². The summed E-state index contributed by atoms with van der Waals surface area (Å²) in [4.78, 5) is 7.75. The van der Waals surface area contributed by atoms with Gasteiger partial charge in [0.25, 0.3) is 0 Å². The van der Waals surface area contributed by atoms with Crippen LogP contribution in [0, 0.1) is 0 Å². The Balaban J connectivity index is 2.74. The van der Waals surface area contributed by atoms with Crippen LogP contribution in [-0.4, -0.2) is 25.8 Å². The third-order valence-electron chi connectivity index (χ3n) is 2.80. The highest BCUT2D eigenvalue weighted by atomic mass is 35.5. The van der Waals surface area contributed by atoms with Crippen molar-refractivity contribution in [3.8, 4) is 0 Å². The molecule has 2 aromatic rings. The normalized spacial score (nSPS) is 15.7. The van der Waals surface area contributed by atoms with Crippen molar-refractivity contribution in [3.63, 3.8) is 0 Å². The molecule has 0 aromatic carbocycles. The van der Waals surface area contributed by atoms with Gasteiger partial charge < -0.3 is 9.67 Å². The van der Waals surface area contributed by atoms with Gasteiger partial charge in [0.2, 0.25) is 0 Å². The third-order valence-corrected chi connectivity index (χ3v) is 3.01. The van der Waals surface area contributed by atoms with Gasteiger partial charge in [0.15, 0.2) is 0 Å². The molecule has 0 saturated carbocycles. The van der Waals surface area contributed by atoms with Crippen LogP contribution < -0.4 is 0 Å². The van der Waals surface area contributed by atoms with Crippen molar-refractivity contribution >= 4 is 22.6 Å². The van der Waals surface area contributed by atoms with E-state index in [2.05, 4.69) is 9.97 Å². The van der Waals surface area contributed by atoms with E-state index in [-0.39, 0.29) is 22.0 Å². The van der Waals surface area contributed by atoms with E-state index in [1.165, 1.54) is 19.2 Å². The predicted octanol–water partition coefficient (Wildman–Crippen LogP) is 3.26. The highest BCUT2D eigenvalue weighted by molar-refractivity contribution is 6.29. The molecule has 1 N–H and O–H groups in total. The van der Waals surface area contributed by atoms with Gasteiger partial charge in [0.1, 0.15) is 28.6 Å². The van der Waals surface area contributed by atoms with Crippen molar-refractivity contribution in [2.24, 2.45) is 0 Å². The lowest BCUT2D eigenvalue weighted by molar-refractivity contribution is -0.163. The molecule has 19 heavy (non-hydrogen) atoms. The summed E-state index contributed by atoms with van der Waals surface area (Å²) < 4.78 is 39.7. The molecule has 2 heterocycles. The summed E-state index contributed by atoms with van der Waals surface area (Å²) in [6.07, 6.45) is -4.30. The second kappa shape index (κ2) is 4.64. The fourth-order valence-corrected chi connectivity index (χ4v) is 1.99. The van der Waals surface area contributed by atoms with Gasteiger partial charge >= 0.3 is 6.18 Å². The Hall–Kier alpha value is -1.34. The summed E-state index contributed by atoms with van der Waals surface area (Å²) in [7, 11) is 0. The fourth-order valence-electron chi connectivity index (χ4n) is 1.84. The Bertz CT molecular complexity index is 609. The quantitative estimate of drug-likeness (QED) is 0.865. The number of aromatic nitrogens is 3. The SMILES string of the molecule is CC(O)c1nc2cnc(Cl)cc2n1C(C)C(F)(F)F. The maximum atomic E-state index is 12.9. The van der Waals surface area contributed by atoms with Crippen LogP contribution >= 0.6 is 11.6 Å². The lowest BCUT2D eigenvalue weighted by Crippen LogP contribution is -2.25. The molecule has 0 spiro atoms. The molecule has 8 heteroatoms. The molecule has 2 aromatic heterocycles. The molecule has 2 rings (SSSR count). The number of pyridine rings is 1. The molecule has 0 aliphatic heterocycles. The number of alkyl halides is 3. The standard InChI is InChI=1S/C11H11ClF3N3O/c1-5(19)10-17-7-4-16-9(12)3-8(7)18(10)6(2)11(13,14)15/h3-6,19H,1-2H3. The number of aliphatic hydroxyl groups is 1. The second-order valence-corrected chi connectivity index (χ2v) is 4.62. The number of hydrogen-bond donors (Lipinski definition) is 1. The molecule has 4 nitrogen and oxygen atoms in total. The van der Waals surface area contributed by atoms with Crippen LogP contribution in [-0.2, 0) is 0 Å². The van der Waals surface area contributed by atoms with Crippen molar-refractivity contribution in [2.45, 2.75) is 32.2 Å². The van der Waals surface area contributed by atoms with Crippen LogP contribution in [0.15, 0.2) is 12.3 Å². The van der Waals surface area contributed by atoms with E-state index in [0.717, 1.165) is 11.5 Å². The molecule has 2 unspecified atom stereocenters. The molecular weight excluding hydrogens is 283 g/mol. The third kappa shape index (κ3) is 2.52. The van der Waals surface area contributed by atoms with E-state index in [1.807, 2.05) is 0 Å². The Morgan fingerprint density at radius 2 is 2.00 bits per heavy atom. The highest BCUT2D eigenvalue weighted by Crippen LogP contribution is 2.35. The fraction of sp³-hybridized carbons (Fsp3) is 0.455. The first-order valence-electron chi connectivity index (χ1n) is 5.50. The van der Waals surface area contributed by atoms with Crippen LogP contribution in [0.3, 0.4) is 0 Å². The summed E-state index contributed by atoms with van der Waals surface area (Å²) >= 11 is 5.70. The number of fused-ring (bicyclic) bond motifs is 1. The van der Waals surface area contributed by atoms with Gasteiger partial charge in [-0.3, -0.25) is 0 Å². The maximum absolute atomic E-state index is 12.9. The van der Waals surface area contributed by atoms with E-state index in [9.17, 15) is 18.3 Å². The van der Waals surface area contributed by atoms with Crippen LogP contribution in [0.2, 0.25) is 5.15 Å². The first-order valence-corrected chi connectivity index (χ1v) is 5.87. The van der Waals surface area contributed by atoms with Crippen molar-refractivity contribution in [1.29, 1.82) is 0 Å². The molecule has 0 amide bonds. The number of rotatable bonds is 2. The van der Waals surface area contributed by atoms with E-state index >= 15 is 0 Å². The Morgan fingerprint density at radius 1 is 1.37 bits per heavy atom. The first kappa shape index (κ1) is 14.1. The summed E-state index contributed by atoms with van der Waals surface area (Å²) in [5.41, 5.74) is 0.456. The number of hydrogen-bond acceptors (Lipinski definition) is 3. The van der Waals surface area contributed by atoms with E-state index in [0.29, 0.717) is 0 Å². The summed E-state index contributed by atoms with van der Waals surface area (Å²) in [5, 5.41) is 9.66. The zero-order valence-electron chi connectivity index (χ0n) is 10.1. The molecule has 2 atom stereocenters. The molecule has 104 valence electrons. The Morgan fingerprint density at radius 3 is 2.53 bits per heavy atom. The minimum Gasteiger partial charge on any atom is -0.385 e. The molecule has 0 bridgehead atoms. The van der Waals surface area contributed by atoms with Crippen LogP contribution in [0.1, 0.15) is 31.8 Å². The lowest BCUT2D eigenvalue weighted by atomic mass is 10.2. The zero-order chi connectivity index (χ0) is 14.4. The lowest BCUT2D eigenvalue weighted by Gasteiger charge is -2.21. The van der Waals surface area contributed by atoms with Crippen molar-refractivity contribution in [3.05, 3.63) is 23.2 Å². The average Bonchev–Trinajstić information content (AvgIpc) is 2.65. The minimum absolute atomic E-state index is 0.0658. The summed E-state index contributed by atoms with van der Waals surface area (Å²) in [5.74, 6) is -0.0658. The summed E-state index contributed by atoms with van der Waals surface area (Å²) in [6, 6.07) is -0.515. The van der Waals surface area contributed by atoms with Crippen LogP contribution in [0.4, 0.5) is 13.2 Å². The number of nitrogens with zero attached hydrogens (tertiary/aromatic N) is 3. The number of imidazole rings is 1. The van der Waals surface area contributed by atoms with E-state index in [4.69, 9.17) is 11.6 Å². The van der Waals surface area contributed by atoms with Gasteiger partial charge in [-0.05, 0) is 13.8 Å².